The van der Waals surface area contributed by atoms with Crippen LogP contribution in [0.3, 0.4) is 0 Å². The Bertz CT molecular complexity index is 769. The van der Waals surface area contributed by atoms with Gasteiger partial charge >= 0.3 is 0 Å². The first-order valence-electron chi connectivity index (χ1n) is 10.8. The van der Waals surface area contributed by atoms with Gasteiger partial charge in [-0.05, 0) is 49.9 Å². The molecule has 2 unspecified atom stereocenters. The predicted octanol–water partition coefficient (Wildman–Crippen LogP) is 1.34. The fraction of sp³-hybridized carbons (Fsp3) is 0.591. The molecule has 1 N–H and O–H groups in total. The third kappa shape index (κ3) is 4.92. The second kappa shape index (κ2) is 9.47. The second-order valence-corrected chi connectivity index (χ2v) is 8.16. The van der Waals surface area contributed by atoms with Crippen molar-refractivity contribution in [2.75, 3.05) is 44.3 Å². The molecule has 2 atom stereocenters. The van der Waals surface area contributed by atoms with E-state index < -0.39 is 0 Å². The minimum Gasteiger partial charge on any atom is -0.484 e. The minimum absolute atomic E-state index is 0.00292. The van der Waals surface area contributed by atoms with Crippen LogP contribution in [-0.2, 0) is 19.1 Å². The van der Waals surface area contributed by atoms with Crippen LogP contribution in [0.2, 0.25) is 0 Å². The highest BCUT2D eigenvalue weighted by molar-refractivity contribution is 6.00. The second-order valence-electron chi connectivity index (χ2n) is 8.16. The quantitative estimate of drug-likeness (QED) is 0.726. The van der Waals surface area contributed by atoms with Crippen LogP contribution in [0, 0.1) is 5.92 Å². The van der Waals surface area contributed by atoms with E-state index in [9.17, 15) is 14.4 Å². The molecule has 0 aromatic heterocycles. The van der Waals surface area contributed by atoms with Crippen molar-refractivity contribution in [3.8, 4) is 5.75 Å². The number of benzene rings is 1. The number of amides is 3. The first-order chi connectivity index (χ1) is 14.6. The summed E-state index contributed by atoms with van der Waals surface area (Å²) >= 11 is 0. The van der Waals surface area contributed by atoms with Crippen molar-refractivity contribution in [2.24, 2.45) is 5.92 Å². The van der Waals surface area contributed by atoms with Crippen molar-refractivity contribution in [2.45, 2.75) is 38.2 Å². The number of carbonyl (C=O) groups excluding carboxylic acids is 3. The number of rotatable bonds is 7. The van der Waals surface area contributed by atoms with Gasteiger partial charge in [0.25, 0.3) is 5.91 Å². The summed E-state index contributed by atoms with van der Waals surface area (Å²) in [5.41, 5.74) is 0.729. The van der Waals surface area contributed by atoms with Gasteiger partial charge in [0.05, 0.1) is 12.0 Å². The molecule has 8 nitrogen and oxygen atoms in total. The molecule has 8 heteroatoms. The number of nitrogens with zero attached hydrogens (tertiary/aromatic N) is 2. The number of anilines is 1. The van der Waals surface area contributed by atoms with Gasteiger partial charge in [-0.15, -0.1) is 0 Å². The molecule has 0 spiro atoms. The minimum atomic E-state index is -0.354. The maximum atomic E-state index is 12.4. The van der Waals surface area contributed by atoms with E-state index in [0.717, 1.165) is 51.1 Å². The van der Waals surface area contributed by atoms with Gasteiger partial charge < -0.3 is 24.6 Å². The molecule has 0 saturated carbocycles. The lowest BCUT2D eigenvalue weighted by atomic mass is 10.1. The molecule has 162 valence electrons. The number of carbonyl (C=O) groups is 3. The monoisotopic (exact) mass is 415 g/mol. The average molecular weight is 415 g/mol. The Morgan fingerprint density at radius 3 is 2.60 bits per heavy atom. The SMILES string of the molecule is O=C(NCC1CCCO1)C1CC(=O)N(c2ccc(OCC(=O)N3CCCC3)cc2)C1. The van der Waals surface area contributed by atoms with Crippen LogP contribution in [-0.4, -0.2) is 68.1 Å². The fourth-order valence-corrected chi connectivity index (χ4v) is 4.22. The van der Waals surface area contributed by atoms with E-state index in [0.29, 0.717) is 18.8 Å². The van der Waals surface area contributed by atoms with E-state index in [1.165, 1.54) is 0 Å². The van der Waals surface area contributed by atoms with Gasteiger partial charge in [-0.25, -0.2) is 0 Å². The summed E-state index contributed by atoms with van der Waals surface area (Å²) < 4.78 is 11.1. The molecule has 3 aliphatic heterocycles. The fourth-order valence-electron chi connectivity index (χ4n) is 4.22. The molecular formula is C22H29N3O5. The zero-order valence-corrected chi connectivity index (χ0v) is 17.2. The lowest BCUT2D eigenvalue weighted by molar-refractivity contribution is -0.132. The normalized spacial score (nSPS) is 23.8. The highest BCUT2D eigenvalue weighted by atomic mass is 16.5. The summed E-state index contributed by atoms with van der Waals surface area (Å²) in [6.07, 6.45) is 4.40. The highest BCUT2D eigenvalue weighted by Crippen LogP contribution is 2.27. The van der Waals surface area contributed by atoms with Crippen LogP contribution in [0.5, 0.6) is 5.75 Å². The lowest BCUT2D eigenvalue weighted by Gasteiger charge is -2.18. The molecule has 0 bridgehead atoms. The van der Waals surface area contributed by atoms with Gasteiger partial charge in [-0.3, -0.25) is 14.4 Å². The number of likely N-dealkylation sites (tertiary alicyclic amines) is 1. The predicted molar refractivity (Wildman–Crippen MR) is 110 cm³/mol. The first kappa shape index (κ1) is 20.7. The average Bonchev–Trinajstić information content (AvgIpc) is 3.52. The molecule has 0 aliphatic carbocycles. The summed E-state index contributed by atoms with van der Waals surface area (Å²) in [5, 5.41) is 2.92. The molecular weight excluding hydrogens is 386 g/mol. The standard InChI is InChI=1S/C22H29N3O5/c26-20-12-16(22(28)23-13-19-4-3-11-29-19)14-25(20)17-5-7-18(8-6-17)30-15-21(27)24-9-1-2-10-24/h5-8,16,19H,1-4,9-15H2,(H,23,28). The topological polar surface area (TPSA) is 88.2 Å². The summed E-state index contributed by atoms with van der Waals surface area (Å²) in [6.45, 7) is 3.26. The van der Waals surface area contributed by atoms with Crippen molar-refractivity contribution in [3.05, 3.63) is 24.3 Å². The molecule has 3 fully saturated rings. The molecule has 3 heterocycles. The van der Waals surface area contributed by atoms with Gasteiger partial charge in [0.15, 0.2) is 6.61 Å². The Morgan fingerprint density at radius 2 is 1.90 bits per heavy atom. The molecule has 3 amide bonds. The van der Waals surface area contributed by atoms with Crippen molar-refractivity contribution in [1.82, 2.24) is 10.2 Å². The van der Waals surface area contributed by atoms with Gasteiger partial charge in [-0.2, -0.15) is 0 Å². The third-order valence-electron chi connectivity index (χ3n) is 5.99. The van der Waals surface area contributed by atoms with Crippen molar-refractivity contribution in [1.29, 1.82) is 0 Å². The summed E-state index contributed by atoms with van der Waals surface area (Å²) in [7, 11) is 0. The third-order valence-corrected chi connectivity index (χ3v) is 5.99. The number of nitrogens with one attached hydrogen (secondary N) is 1. The maximum Gasteiger partial charge on any atom is 0.260 e. The molecule has 30 heavy (non-hydrogen) atoms. The van der Waals surface area contributed by atoms with Crippen molar-refractivity contribution >= 4 is 23.4 Å². The van der Waals surface area contributed by atoms with E-state index in [1.807, 2.05) is 4.90 Å². The Labute approximate surface area is 176 Å². The van der Waals surface area contributed by atoms with E-state index >= 15 is 0 Å². The van der Waals surface area contributed by atoms with Gasteiger partial charge in [-0.1, -0.05) is 0 Å². The van der Waals surface area contributed by atoms with Crippen LogP contribution in [0.15, 0.2) is 24.3 Å². The Morgan fingerprint density at radius 1 is 1.13 bits per heavy atom. The number of hydrogen-bond acceptors (Lipinski definition) is 5. The molecule has 3 saturated heterocycles. The van der Waals surface area contributed by atoms with E-state index in [4.69, 9.17) is 9.47 Å². The molecule has 0 radical (unpaired) electrons. The van der Waals surface area contributed by atoms with E-state index in [2.05, 4.69) is 5.32 Å². The molecule has 1 aromatic carbocycles. The van der Waals surface area contributed by atoms with Gasteiger partial charge in [0.2, 0.25) is 11.8 Å². The van der Waals surface area contributed by atoms with Crippen molar-refractivity contribution < 1.29 is 23.9 Å². The summed E-state index contributed by atoms with van der Waals surface area (Å²) in [6, 6.07) is 7.09. The summed E-state index contributed by atoms with van der Waals surface area (Å²) in [5.74, 6) is 0.0757. The van der Waals surface area contributed by atoms with E-state index in [1.54, 1.807) is 29.2 Å². The molecule has 3 aliphatic rings. The van der Waals surface area contributed by atoms with Crippen LogP contribution in [0.4, 0.5) is 5.69 Å². The van der Waals surface area contributed by atoms with Crippen LogP contribution < -0.4 is 15.0 Å². The van der Waals surface area contributed by atoms with Gasteiger partial charge in [0, 0.05) is 44.9 Å². The Balaban J connectivity index is 1.26. The Hall–Kier alpha value is -2.61. The molecule has 4 rings (SSSR count). The Kier molecular flexibility index (Phi) is 6.52. The highest BCUT2D eigenvalue weighted by Gasteiger charge is 2.35. The van der Waals surface area contributed by atoms with Gasteiger partial charge in [0.1, 0.15) is 5.75 Å². The van der Waals surface area contributed by atoms with Crippen LogP contribution in [0.1, 0.15) is 32.1 Å². The lowest BCUT2D eigenvalue weighted by Crippen LogP contribution is -2.37. The maximum absolute atomic E-state index is 12.4. The molecule has 1 aromatic rings. The smallest absolute Gasteiger partial charge is 0.260 e. The van der Waals surface area contributed by atoms with Crippen molar-refractivity contribution in [3.63, 3.8) is 0 Å². The zero-order chi connectivity index (χ0) is 20.9. The van der Waals surface area contributed by atoms with Crippen LogP contribution >= 0.6 is 0 Å². The zero-order valence-electron chi connectivity index (χ0n) is 17.2. The first-order valence-corrected chi connectivity index (χ1v) is 10.8. The largest absolute Gasteiger partial charge is 0.484 e. The van der Waals surface area contributed by atoms with E-state index in [-0.39, 0.29) is 42.8 Å². The van der Waals surface area contributed by atoms with Crippen LogP contribution in [0.25, 0.3) is 0 Å². The summed E-state index contributed by atoms with van der Waals surface area (Å²) in [4.78, 5) is 40.4. The number of ether oxygens (including phenoxy) is 2. The number of hydrogen-bond donors (Lipinski definition) is 1.